The lowest BCUT2D eigenvalue weighted by molar-refractivity contribution is 0.262. The van der Waals surface area contributed by atoms with Crippen LogP contribution in [0.1, 0.15) is 16.7 Å². The number of nitrogens with zero attached hydrogens (tertiary/aromatic N) is 1. The number of carbonyl (C=O) groups is 1. The van der Waals surface area contributed by atoms with Gasteiger partial charge < -0.3 is 16.0 Å². The predicted octanol–water partition coefficient (Wildman–Crippen LogP) is 5.39. The molecule has 0 unspecified atom stereocenters. The Labute approximate surface area is 153 Å². The van der Waals surface area contributed by atoms with Crippen LogP contribution in [0.2, 0.25) is 0 Å². The number of nitrogens with one attached hydrogen (secondary N) is 3. The molecule has 2 aromatic carbocycles. The third-order valence-corrected chi connectivity index (χ3v) is 3.98. The van der Waals surface area contributed by atoms with E-state index < -0.39 is 0 Å². The lowest BCUT2D eigenvalue weighted by atomic mass is 10.1. The van der Waals surface area contributed by atoms with Crippen LogP contribution in [0.4, 0.5) is 27.7 Å². The molecule has 0 radical (unpaired) electrons. The molecule has 5 heteroatoms. The second-order valence-corrected chi connectivity index (χ2v) is 6.28. The molecule has 2 amide bonds. The molecule has 3 rings (SSSR count). The minimum absolute atomic E-state index is 0.302. The monoisotopic (exact) mass is 346 g/mol. The van der Waals surface area contributed by atoms with Gasteiger partial charge in [-0.2, -0.15) is 0 Å². The van der Waals surface area contributed by atoms with Gasteiger partial charge in [-0.1, -0.05) is 35.9 Å². The number of benzene rings is 2. The third kappa shape index (κ3) is 4.39. The Kier molecular flexibility index (Phi) is 5.17. The normalized spacial score (nSPS) is 10.3. The minimum Gasteiger partial charge on any atom is -0.340 e. The molecule has 1 aromatic heterocycles. The fourth-order valence-electron chi connectivity index (χ4n) is 2.86. The summed E-state index contributed by atoms with van der Waals surface area (Å²) in [5, 5.41) is 8.89. The van der Waals surface area contributed by atoms with Crippen molar-refractivity contribution in [3.05, 3.63) is 77.5 Å². The summed E-state index contributed by atoms with van der Waals surface area (Å²) < 4.78 is 0. The highest BCUT2D eigenvalue weighted by Crippen LogP contribution is 2.25. The highest BCUT2D eigenvalue weighted by Gasteiger charge is 2.06. The molecule has 0 aliphatic heterocycles. The minimum atomic E-state index is -0.302. The molecule has 0 fully saturated rings. The van der Waals surface area contributed by atoms with Gasteiger partial charge in [0.15, 0.2) is 0 Å². The van der Waals surface area contributed by atoms with Crippen LogP contribution in [0.3, 0.4) is 0 Å². The average molecular weight is 346 g/mol. The Balaban J connectivity index is 1.64. The zero-order chi connectivity index (χ0) is 18.5. The van der Waals surface area contributed by atoms with Gasteiger partial charge in [0, 0.05) is 11.4 Å². The number of hydrogen-bond acceptors (Lipinski definition) is 3. The van der Waals surface area contributed by atoms with Crippen molar-refractivity contribution in [3.8, 4) is 0 Å². The summed E-state index contributed by atoms with van der Waals surface area (Å²) in [4.78, 5) is 16.4. The summed E-state index contributed by atoms with van der Waals surface area (Å²) >= 11 is 0. The van der Waals surface area contributed by atoms with E-state index in [1.165, 1.54) is 16.7 Å². The third-order valence-electron chi connectivity index (χ3n) is 3.98. The fraction of sp³-hybridized carbons (Fsp3) is 0.143. The molecule has 0 saturated heterocycles. The van der Waals surface area contributed by atoms with Gasteiger partial charge in [0.1, 0.15) is 5.82 Å². The topological polar surface area (TPSA) is 66.0 Å². The highest BCUT2D eigenvalue weighted by molar-refractivity contribution is 5.99. The molecule has 1 heterocycles. The summed E-state index contributed by atoms with van der Waals surface area (Å²) in [5.41, 5.74) is 6.01. The maximum Gasteiger partial charge on any atom is 0.323 e. The van der Waals surface area contributed by atoms with Gasteiger partial charge >= 0.3 is 6.03 Å². The van der Waals surface area contributed by atoms with Crippen molar-refractivity contribution in [3.63, 3.8) is 0 Å². The zero-order valence-corrected chi connectivity index (χ0v) is 15.1. The Bertz CT molecular complexity index is 882. The molecule has 132 valence electrons. The van der Waals surface area contributed by atoms with E-state index in [1.807, 2.05) is 42.5 Å². The van der Waals surface area contributed by atoms with Crippen molar-refractivity contribution >= 4 is 28.9 Å². The summed E-state index contributed by atoms with van der Waals surface area (Å²) in [6, 6.07) is 16.9. The van der Waals surface area contributed by atoms with Gasteiger partial charge in [0.25, 0.3) is 0 Å². The van der Waals surface area contributed by atoms with Crippen LogP contribution in [-0.4, -0.2) is 11.0 Å². The first-order valence-corrected chi connectivity index (χ1v) is 8.45. The van der Waals surface area contributed by atoms with Crippen molar-refractivity contribution in [2.75, 3.05) is 16.0 Å². The van der Waals surface area contributed by atoms with E-state index in [1.54, 1.807) is 6.20 Å². The highest BCUT2D eigenvalue weighted by atomic mass is 16.2. The molecule has 5 nitrogen and oxygen atoms in total. The Morgan fingerprint density at radius 2 is 1.50 bits per heavy atom. The summed E-state index contributed by atoms with van der Waals surface area (Å²) in [5.74, 6) is 0.731. The van der Waals surface area contributed by atoms with Crippen molar-refractivity contribution in [2.45, 2.75) is 20.8 Å². The Morgan fingerprint density at radius 3 is 2.12 bits per heavy atom. The molecule has 0 bridgehead atoms. The summed E-state index contributed by atoms with van der Waals surface area (Å²) in [7, 11) is 0. The van der Waals surface area contributed by atoms with E-state index in [2.05, 4.69) is 53.8 Å². The quantitative estimate of drug-likeness (QED) is 0.593. The van der Waals surface area contributed by atoms with Crippen molar-refractivity contribution in [1.82, 2.24) is 4.98 Å². The van der Waals surface area contributed by atoms with Crippen LogP contribution in [0.25, 0.3) is 0 Å². The summed E-state index contributed by atoms with van der Waals surface area (Å²) in [6.45, 7) is 6.24. The number of para-hydroxylation sites is 1. The number of aryl methyl sites for hydroxylation is 3. The van der Waals surface area contributed by atoms with E-state index in [4.69, 9.17) is 0 Å². The second-order valence-electron chi connectivity index (χ2n) is 6.28. The van der Waals surface area contributed by atoms with Crippen LogP contribution in [-0.2, 0) is 0 Å². The van der Waals surface area contributed by atoms with Crippen LogP contribution >= 0.6 is 0 Å². The lowest BCUT2D eigenvalue weighted by Gasteiger charge is -2.14. The molecular formula is C21H22N4O. The molecule has 26 heavy (non-hydrogen) atoms. The molecule has 0 saturated carbocycles. The van der Waals surface area contributed by atoms with Gasteiger partial charge in [-0.15, -0.1) is 0 Å². The molecule has 3 aromatic rings. The number of rotatable bonds is 4. The van der Waals surface area contributed by atoms with Gasteiger partial charge in [-0.25, -0.2) is 9.78 Å². The number of anilines is 4. The largest absolute Gasteiger partial charge is 0.340 e. The molecule has 3 N–H and O–H groups in total. The van der Waals surface area contributed by atoms with Gasteiger partial charge in [0.05, 0.1) is 11.9 Å². The number of hydrogen-bond donors (Lipinski definition) is 3. The number of aromatic nitrogens is 1. The number of pyridine rings is 1. The first kappa shape index (κ1) is 17.5. The van der Waals surface area contributed by atoms with Crippen LogP contribution in [0, 0.1) is 20.8 Å². The zero-order valence-electron chi connectivity index (χ0n) is 15.1. The van der Waals surface area contributed by atoms with Crippen molar-refractivity contribution in [2.24, 2.45) is 0 Å². The van der Waals surface area contributed by atoms with Crippen molar-refractivity contribution < 1.29 is 4.79 Å². The van der Waals surface area contributed by atoms with E-state index in [-0.39, 0.29) is 6.03 Å². The fourth-order valence-corrected chi connectivity index (χ4v) is 2.86. The first-order chi connectivity index (χ1) is 12.5. The smallest absolute Gasteiger partial charge is 0.323 e. The Hall–Kier alpha value is -3.34. The van der Waals surface area contributed by atoms with Crippen molar-refractivity contribution in [1.29, 1.82) is 0 Å². The lowest BCUT2D eigenvalue weighted by Crippen LogP contribution is -2.19. The van der Waals surface area contributed by atoms with Crippen LogP contribution < -0.4 is 16.0 Å². The van der Waals surface area contributed by atoms with E-state index in [0.29, 0.717) is 5.69 Å². The first-order valence-electron chi connectivity index (χ1n) is 8.45. The van der Waals surface area contributed by atoms with Gasteiger partial charge in [0.2, 0.25) is 0 Å². The molecule has 0 aliphatic rings. The predicted molar refractivity (Wildman–Crippen MR) is 107 cm³/mol. The maximum absolute atomic E-state index is 12.0. The number of urea groups is 1. The summed E-state index contributed by atoms with van der Waals surface area (Å²) in [6.07, 6.45) is 1.63. The molecule has 0 atom stereocenters. The maximum atomic E-state index is 12.0. The van der Waals surface area contributed by atoms with E-state index in [0.717, 1.165) is 17.2 Å². The van der Waals surface area contributed by atoms with Gasteiger partial charge in [-0.05, 0) is 56.2 Å². The standard InChI is InChI=1S/C21H22N4O/c1-14-11-15(2)20(16(3)12-14)25-19-10-9-18(13-22-19)24-21(26)23-17-7-5-4-6-8-17/h4-13H,1-3H3,(H,22,25)(H2,23,24,26). The average Bonchev–Trinajstić information content (AvgIpc) is 2.60. The molecule has 0 spiro atoms. The van der Waals surface area contributed by atoms with E-state index >= 15 is 0 Å². The van der Waals surface area contributed by atoms with Crippen LogP contribution in [0.5, 0.6) is 0 Å². The van der Waals surface area contributed by atoms with Gasteiger partial charge in [-0.3, -0.25) is 0 Å². The second kappa shape index (κ2) is 7.70. The molecule has 0 aliphatic carbocycles. The Morgan fingerprint density at radius 1 is 0.846 bits per heavy atom. The SMILES string of the molecule is Cc1cc(C)c(Nc2ccc(NC(=O)Nc3ccccc3)cn2)c(C)c1. The van der Waals surface area contributed by atoms with Crippen LogP contribution in [0.15, 0.2) is 60.8 Å². The number of carbonyl (C=O) groups excluding carboxylic acids is 1. The van der Waals surface area contributed by atoms with E-state index in [9.17, 15) is 4.79 Å². The molecular weight excluding hydrogens is 324 g/mol. The number of amides is 2.